The van der Waals surface area contributed by atoms with E-state index < -0.39 is 0 Å². The van der Waals surface area contributed by atoms with Crippen molar-refractivity contribution in [1.82, 2.24) is 5.32 Å². The van der Waals surface area contributed by atoms with Crippen LogP contribution in [-0.2, 0) is 19.3 Å². The molecule has 2 heteroatoms. The van der Waals surface area contributed by atoms with Crippen molar-refractivity contribution in [1.29, 1.82) is 0 Å². The summed E-state index contributed by atoms with van der Waals surface area (Å²) >= 11 is 6.29. The summed E-state index contributed by atoms with van der Waals surface area (Å²) in [6.07, 6.45) is 3.09. The van der Waals surface area contributed by atoms with Gasteiger partial charge in [0.15, 0.2) is 0 Å². The summed E-state index contributed by atoms with van der Waals surface area (Å²) in [4.78, 5) is 0. The SMILES string of the molecule is CCc1ccc(C(Cc2ccccc2Cl)NC)cc1CC. The van der Waals surface area contributed by atoms with Gasteiger partial charge in [0.2, 0.25) is 0 Å². The number of hydrogen-bond acceptors (Lipinski definition) is 1. The number of nitrogens with one attached hydrogen (secondary N) is 1. The number of benzene rings is 2. The van der Waals surface area contributed by atoms with Crippen LogP contribution in [0, 0.1) is 0 Å². The highest BCUT2D eigenvalue weighted by Gasteiger charge is 2.13. The zero-order valence-corrected chi connectivity index (χ0v) is 13.9. The van der Waals surface area contributed by atoms with Crippen LogP contribution >= 0.6 is 11.6 Å². The van der Waals surface area contributed by atoms with Crippen molar-refractivity contribution in [2.24, 2.45) is 0 Å². The van der Waals surface area contributed by atoms with Crippen molar-refractivity contribution < 1.29 is 0 Å². The Morgan fingerprint density at radius 1 is 0.952 bits per heavy atom. The Balaban J connectivity index is 2.27. The minimum atomic E-state index is 0.293. The molecule has 0 fully saturated rings. The van der Waals surface area contributed by atoms with E-state index in [4.69, 9.17) is 11.6 Å². The van der Waals surface area contributed by atoms with Gasteiger partial charge in [0.05, 0.1) is 0 Å². The smallest absolute Gasteiger partial charge is 0.0438 e. The van der Waals surface area contributed by atoms with Gasteiger partial charge in [-0.05, 0) is 54.6 Å². The van der Waals surface area contributed by atoms with E-state index in [1.54, 1.807) is 0 Å². The molecule has 0 saturated carbocycles. The molecule has 0 aromatic heterocycles. The van der Waals surface area contributed by atoms with Crippen molar-refractivity contribution in [3.05, 3.63) is 69.7 Å². The Morgan fingerprint density at radius 3 is 2.29 bits per heavy atom. The third-order valence-corrected chi connectivity index (χ3v) is 4.49. The van der Waals surface area contributed by atoms with Gasteiger partial charge in [-0.15, -0.1) is 0 Å². The third kappa shape index (κ3) is 3.87. The van der Waals surface area contributed by atoms with Crippen LogP contribution in [0.15, 0.2) is 42.5 Å². The molecular weight excluding hydrogens is 278 g/mol. The molecule has 1 atom stereocenters. The van der Waals surface area contributed by atoms with Crippen molar-refractivity contribution >= 4 is 11.6 Å². The number of rotatable bonds is 6. The van der Waals surface area contributed by atoms with E-state index in [9.17, 15) is 0 Å². The Kier molecular flexibility index (Phi) is 5.84. The Morgan fingerprint density at radius 2 is 1.67 bits per heavy atom. The second-order valence-corrected chi connectivity index (χ2v) is 5.78. The third-order valence-electron chi connectivity index (χ3n) is 4.12. The molecule has 0 amide bonds. The van der Waals surface area contributed by atoms with Gasteiger partial charge in [-0.25, -0.2) is 0 Å². The Hall–Kier alpha value is -1.31. The molecule has 0 spiro atoms. The molecule has 112 valence electrons. The molecule has 2 aromatic rings. The van der Waals surface area contributed by atoms with Crippen LogP contribution in [0.25, 0.3) is 0 Å². The van der Waals surface area contributed by atoms with Crippen molar-refractivity contribution in [2.75, 3.05) is 7.05 Å². The fourth-order valence-electron chi connectivity index (χ4n) is 2.81. The number of hydrogen-bond donors (Lipinski definition) is 1. The van der Waals surface area contributed by atoms with Gasteiger partial charge < -0.3 is 5.32 Å². The van der Waals surface area contributed by atoms with Gasteiger partial charge in [-0.2, -0.15) is 0 Å². The first-order valence-corrected chi connectivity index (χ1v) is 8.09. The first kappa shape index (κ1) is 16.1. The Bertz CT molecular complexity index is 592. The van der Waals surface area contributed by atoms with Gasteiger partial charge in [-0.3, -0.25) is 0 Å². The van der Waals surface area contributed by atoms with Gasteiger partial charge in [0, 0.05) is 11.1 Å². The van der Waals surface area contributed by atoms with Crippen molar-refractivity contribution in [3.8, 4) is 0 Å². The van der Waals surface area contributed by atoms with Crippen LogP contribution in [0.5, 0.6) is 0 Å². The van der Waals surface area contributed by atoms with Crippen LogP contribution in [0.4, 0.5) is 0 Å². The van der Waals surface area contributed by atoms with Crippen LogP contribution < -0.4 is 5.32 Å². The van der Waals surface area contributed by atoms with Gasteiger partial charge in [0.25, 0.3) is 0 Å². The second-order valence-electron chi connectivity index (χ2n) is 5.37. The molecular formula is C19H24ClN. The zero-order chi connectivity index (χ0) is 15.2. The molecule has 1 unspecified atom stereocenters. The van der Waals surface area contributed by atoms with Crippen LogP contribution in [0.3, 0.4) is 0 Å². The van der Waals surface area contributed by atoms with E-state index in [1.807, 2.05) is 25.2 Å². The fraction of sp³-hybridized carbons (Fsp3) is 0.368. The van der Waals surface area contributed by atoms with E-state index >= 15 is 0 Å². The summed E-state index contributed by atoms with van der Waals surface area (Å²) in [5.41, 5.74) is 5.44. The monoisotopic (exact) mass is 301 g/mol. The first-order valence-electron chi connectivity index (χ1n) is 7.71. The standard InChI is InChI=1S/C19H24ClN/c1-4-14-10-11-17(12-15(14)5-2)19(21-3)13-16-8-6-7-9-18(16)20/h6-12,19,21H,4-5,13H2,1-3H3. The molecule has 0 saturated heterocycles. The molecule has 0 aliphatic rings. The van der Waals surface area contributed by atoms with Crippen molar-refractivity contribution in [3.63, 3.8) is 0 Å². The largest absolute Gasteiger partial charge is 0.313 e. The van der Waals surface area contributed by atoms with Crippen LogP contribution in [-0.4, -0.2) is 7.05 Å². The van der Waals surface area contributed by atoms with E-state index in [1.165, 1.54) is 22.3 Å². The lowest BCUT2D eigenvalue weighted by atomic mass is 9.93. The molecule has 0 heterocycles. The summed E-state index contributed by atoms with van der Waals surface area (Å²) in [7, 11) is 2.01. The molecule has 1 nitrogen and oxygen atoms in total. The van der Waals surface area contributed by atoms with Gasteiger partial charge in [-0.1, -0.05) is 61.8 Å². The maximum atomic E-state index is 6.29. The highest BCUT2D eigenvalue weighted by Crippen LogP contribution is 2.25. The summed E-state index contributed by atoms with van der Waals surface area (Å²) in [6.45, 7) is 4.44. The van der Waals surface area contributed by atoms with E-state index in [0.29, 0.717) is 6.04 Å². The predicted molar refractivity (Wildman–Crippen MR) is 92.2 cm³/mol. The average Bonchev–Trinajstić information content (AvgIpc) is 2.53. The summed E-state index contributed by atoms with van der Waals surface area (Å²) < 4.78 is 0. The predicted octanol–water partition coefficient (Wildman–Crippen LogP) is 4.97. The summed E-state index contributed by atoms with van der Waals surface area (Å²) in [6, 6.07) is 15.2. The molecule has 0 aliphatic heterocycles. The van der Waals surface area contributed by atoms with Gasteiger partial charge in [0.1, 0.15) is 0 Å². The van der Waals surface area contributed by atoms with Crippen LogP contribution in [0.2, 0.25) is 5.02 Å². The highest BCUT2D eigenvalue weighted by molar-refractivity contribution is 6.31. The lowest BCUT2D eigenvalue weighted by Gasteiger charge is -2.19. The van der Waals surface area contributed by atoms with Crippen LogP contribution in [0.1, 0.15) is 42.1 Å². The van der Waals surface area contributed by atoms with Crippen molar-refractivity contribution in [2.45, 2.75) is 39.2 Å². The maximum Gasteiger partial charge on any atom is 0.0438 e. The topological polar surface area (TPSA) is 12.0 Å². The Labute approximate surface area is 133 Å². The molecule has 0 radical (unpaired) electrons. The number of likely N-dealkylation sites (N-methyl/N-ethyl adjacent to an activating group) is 1. The molecule has 2 aromatic carbocycles. The van der Waals surface area contributed by atoms with E-state index in [0.717, 1.165) is 24.3 Å². The molecule has 2 rings (SSSR count). The minimum Gasteiger partial charge on any atom is -0.313 e. The van der Waals surface area contributed by atoms with E-state index in [-0.39, 0.29) is 0 Å². The minimum absolute atomic E-state index is 0.293. The number of aryl methyl sites for hydroxylation is 2. The quantitative estimate of drug-likeness (QED) is 0.794. The lowest BCUT2D eigenvalue weighted by Crippen LogP contribution is -2.19. The van der Waals surface area contributed by atoms with E-state index in [2.05, 4.69) is 43.4 Å². The summed E-state index contributed by atoms with van der Waals surface area (Å²) in [5, 5.41) is 4.27. The molecule has 1 N–H and O–H groups in total. The maximum absolute atomic E-state index is 6.29. The average molecular weight is 302 g/mol. The second kappa shape index (κ2) is 7.63. The normalized spacial score (nSPS) is 12.4. The molecule has 21 heavy (non-hydrogen) atoms. The first-order chi connectivity index (χ1) is 10.2. The number of halogens is 1. The highest BCUT2D eigenvalue weighted by atomic mass is 35.5. The summed E-state index contributed by atoms with van der Waals surface area (Å²) in [5.74, 6) is 0. The zero-order valence-electron chi connectivity index (χ0n) is 13.1. The fourth-order valence-corrected chi connectivity index (χ4v) is 3.02. The molecule has 0 bridgehead atoms. The molecule has 0 aliphatic carbocycles. The van der Waals surface area contributed by atoms with Gasteiger partial charge >= 0.3 is 0 Å². The lowest BCUT2D eigenvalue weighted by molar-refractivity contribution is 0.591.